The third-order valence-corrected chi connectivity index (χ3v) is 4.35. The summed E-state index contributed by atoms with van der Waals surface area (Å²) in [6.45, 7) is 8.54. The molecule has 2 heterocycles. The van der Waals surface area contributed by atoms with Gasteiger partial charge in [0.25, 0.3) is 0 Å². The highest BCUT2D eigenvalue weighted by Gasteiger charge is 2.28. The van der Waals surface area contributed by atoms with Gasteiger partial charge in [-0.1, -0.05) is 32.4 Å². The van der Waals surface area contributed by atoms with E-state index in [1.54, 1.807) is 6.20 Å². The van der Waals surface area contributed by atoms with Crippen molar-refractivity contribution >= 4 is 23.3 Å². The molecule has 1 aromatic rings. The van der Waals surface area contributed by atoms with E-state index in [1.807, 2.05) is 32.7 Å². The summed E-state index contributed by atoms with van der Waals surface area (Å²) < 4.78 is 0. The van der Waals surface area contributed by atoms with Crippen LogP contribution in [0.25, 0.3) is 0 Å². The summed E-state index contributed by atoms with van der Waals surface area (Å²) in [5.41, 5.74) is -0.316. The van der Waals surface area contributed by atoms with Gasteiger partial charge in [0, 0.05) is 32.1 Å². The van der Waals surface area contributed by atoms with Gasteiger partial charge in [-0.15, -0.1) is 0 Å². The third-order valence-electron chi connectivity index (χ3n) is 4.08. The minimum Gasteiger partial charge on any atom is -0.355 e. The molecule has 2 rings (SSSR count). The van der Waals surface area contributed by atoms with Gasteiger partial charge in [0.15, 0.2) is 5.82 Å². The summed E-state index contributed by atoms with van der Waals surface area (Å²) in [6.07, 6.45) is 5.25. The van der Waals surface area contributed by atoms with Gasteiger partial charge in [0.05, 0.1) is 6.20 Å². The van der Waals surface area contributed by atoms with Crippen LogP contribution < -0.4 is 4.90 Å². The minimum absolute atomic E-state index is 0.203. The van der Waals surface area contributed by atoms with Crippen molar-refractivity contribution in [1.29, 1.82) is 0 Å². The van der Waals surface area contributed by atoms with Crippen molar-refractivity contribution in [3.63, 3.8) is 0 Å². The lowest BCUT2D eigenvalue weighted by atomic mass is 9.92. The van der Waals surface area contributed by atoms with E-state index < -0.39 is 0 Å². The molecule has 0 bridgehead atoms. The molecule has 1 fully saturated rings. The number of carbonyl (C=O) groups excluding carboxylic acids is 1. The second-order valence-electron chi connectivity index (χ2n) is 7.06. The van der Waals surface area contributed by atoms with E-state index in [4.69, 9.17) is 11.6 Å². The maximum absolute atomic E-state index is 12.2. The van der Waals surface area contributed by atoms with E-state index in [-0.39, 0.29) is 11.3 Å². The zero-order chi connectivity index (χ0) is 16.3. The van der Waals surface area contributed by atoms with Crippen LogP contribution in [0.4, 0.5) is 5.82 Å². The van der Waals surface area contributed by atoms with Gasteiger partial charge in [0.1, 0.15) is 11.3 Å². The summed E-state index contributed by atoms with van der Waals surface area (Å²) in [5.74, 6) is 1.55. The summed E-state index contributed by atoms with van der Waals surface area (Å²) in [7, 11) is 1.90. The quantitative estimate of drug-likeness (QED) is 0.858. The summed E-state index contributed by atoms with van der Waals surface area (Å²) in [6, 6.07) is 0. The predicted octanol–water partition coefficient (Wildman–Crippen LogP) is 2.85. The van der Waals surface area contributed by atoms with Crippen molar-refractivity contribution in [2.24, 2.45) is 11.3 Å². The molecule has 0 N–H and O–H groups in total. The number of anilines is 1. The Hall–Kier alpha value is -1.36. The smallest absolute Gasteiger partial charge is 0.227 e. The molecule has 0 spiro atoms. The van der Waals surface area contributed by atoms with Crippen LogP contribution in [-0.4, -0.2) is 47.5 Å². The second kappa shape index (κ2) is 6.82. The topological polar surface area (TPSA) is 49.3 Å². The Bertz CT molecular complexity index is 521. The number of halogens is 1. The normalized spacial score (nSPS) is 16.7. The first-order valence-corrected chi connectivity index (χ1v) is 8.13. The molecule has 1 saturated heterocycles. The van der Waals surface area contributed by atoms with Gasteiger partial charge in [-0.2, -0.15) is 0 Å². The largest absolute Gasteiger partial charge is 0.355 e. The first kappa shape index (κ1) is 17.0. The van der Waals surface area contributed by atoms with Gasteiger partial charge in [0.2, 0.25) is 5.91 Å². The number of nitrogens with zero attached hydrogens (tertiary/aromatic N) is 4. The molecule has 0 radical (unpaired) electrons. The lowest BCUT2D eigenvalue weighted by Crippen LogP contribution is -2.43. The highest BCUT2D eigenvalue weighted by molar-refractivity contribution is 6.32. The van der Waals surface area contributed by atoms with Crippen LogP contribution in [0.5, 0.6) is 0 Å². The van der Waals surface area contributed by atoms with E-state index in [0.29, 0.717) is 10.9 Å². The van der Waals surface area contributed by atoms with E-state index >= 15 is 0 Å². The predicted molar refractivity (Wildman–Crippen MR) is 89.1 cm³/mol. The monoisotopic (exact) mass is 324 g/mol. The van der Waals surface area contributed by atoms with Crippen molar-refractivity contribution in [2.75, 3.05) is 31.6 Å². The number of hydrogen-bond acceptors (Lipinski definition) is 4. The SMILES string of the molecule is CN(CC1CCN(c2ncncc2Cl)CC1)C(=O)C(C)(C)C. The molecule has 122 valence electrons. The van der Waals surface area contributed by atoms with Crippen molar-refractivity contribution in [1.82, 2.24) is 14.9 Å². The van der Waals surface area contributed by atoms with Crippen LogP contribution in [0.1, 0.15) is 33.6 Å². The molecular formula is C16H25ClN4O. The average Bonchev–Trinajstić information content (AvgIpc) is 2.47. The maximum atomic E-state index is 12.2. The molecule has 0 aliphatic carbocycles. The lowest BCUT2D eigenvalue weighted by Gasteiger charge is -2.36. The van der Waals surface area contributed by atoms with Gasteiger partial charge >= 0.3 is 0 Å². The highest BCUT2D eigenvalue weighted by Crippen LogP contribution is 2.27. The van der Waals surface area contributed by atoms with E-state index in [9.17, 15) is 4.79 Å². The standard InChI is InChI=1S/C16H25ClN4O/c1-16(2,3)15(22)20(4)10-12-5-7-21(8-6-12)14-13(17)9-18-11-19-14/h9,11-12H,5-8,10H2,1-4H3. The van der Waals surface area contributed by atoms with Crippen molar-refractivity contribution < 1.29 is 4.79 Å². The Morgan fingerprint density at radius 3 is 2.59 bits per heavy atom. The summed E-state index contributed by atoms with van der Waals surface area (Å²) in [5, 5.41) is 0.598. The summed E-state index contributed by atoms with van der Waals surface area (Å²) in [4.78, 5) is 24.5. The fourth-order valence-electron chi connectivity index (χ4n) is 2.91. The van der Waals surface area contributed by atoms with Crippen molar-refractivity contribution in [2.45, 2.75) is 33.6 Å². The molecule has 1 amide bonds. The van der Waals surface area contributed by atoms with Crippen LogP contribution in [0.2, 0.25) is 5.02 Å². The minimum atomic E-state index is -0.316. The van der Waals surface area contributed by atoms with Crippen LogP contribution in [0.15, 0.2) is 12.5 Å². The Morgan fingerprint density at radius 2 is 2.05 bits per heavy atom. The molecule has 6 heteroatoms. The Labute approximate surface area is 137 Å². The molecule has 0 aromatic carbocycles. The average molecular weight is 325 g/mol. The number of piperidine rings is 1. The third kappa shape index (κ3) is 4.09. The Morgan fingerprint density at radius 1 is 1.41 bits per heavy atom. The van der Waals surface area contributed by atoms with Crippen molar-refractivity contribution in [3.8, 4) is 0 Å². The molecule has 0 atom stereocenters. The molecule has 1 aliphatic heterocycles. The Kier molecular flexibility index (Phi) is 5.27. The fraction of sp³-hybridized carbons (Fsp3) is 0.688. The number of carbonyl (C=O) groups is 1. The molecule has 5 nitrogen and oxygen atoms in total. The molecular weight excluding hydrogens is 300 g/mol. The molecule has 1 aliphatic rings. The molecule has 1 aromatic heterocycles. The van der Waals surface area contributed by atoms with E-state index in [1.165, 1.54) is 6.33 Å². The van der Waals surface area contributed by atoms with Crippen molar-refractivity contribution in [3.05, 3.63) is 17.5 Å². The van der Waals surface area contributed by atoms with Crippen LogP contribution >= 0.6 is 11.6 Å². The lowest BCUT2D eigenvalue weighted by molar-refractivity contribution is -0.138. The zero-order valence-corrected chi connectivity index (χ0v) is 14.6. The first-order chi connectivity index (χ1) is 10.3. The fourth-order valence-corrected chi connectivity index (χ4v) is 3.13. The van der Waals surface area contributed by atoms with Gasteiger partial charge in [-0.05, 0) is 18.8 Å². The van der Waals surface area contributed by atoms with Gasteiger partial charge in [-0.3, -0.25) is 4.79 Å². The zero-order valence-electron chi connectivity index (χ0n) is 13.8. The van der Waals surface area contributed by atoms with Crippen LogP contribution in [0, 0.1) is 11.3 Å². The summed E-state index contributed by atoms with van der Waals surface area (Å²) >= 11 is 6.15. The highest BCUT2D eigenvalue weighted by atomic mass is 35.5. The maximum Gasteiger partial charge on any atom is 0.227 e. The first-order valence-electron chi connectivity index (χ1n) is 7.75. The van der Waals surface area contributed by atoms with Gasteiger partial charge in [-0.25, -0.2) is 9.97 Å². The number of amides is 1. The number of aromatic nitrogens is 2. The second-order valence-corrected chi connectivity index (χ2v) is 7.47. The van der Waals surface area contributed by atoms with Crippen LogP contribution in [0.3, 0.4) is 0 Å². The molecule has 22 heavy (non-hydrogen) atoms. The van der Waals surface area contributed by atoms with E-state index in [2.05, 4.69) is 14.9 Å². The molecule has 0 saturated carbocycles. The van der Waals surface area contributed by atoms with E-state index in [0.717, 1.165) is 38.3 Å². The number of rotatable bonds is 3. The molecule has 0 unspecified atom stereocenters. The van der Waals surface area contributed by atoms with Gasteiger partial charge < -0.3 is 9.80 Å². The Balaban J connectivity index is 1.88. The van der Waals surface area contributed by atoms with Crippen LogP contribution in [-0.2, 0) is 4.79 Å². The number of hydrogen-bond donors (Lipinski definition) is 0.